The van der Waals surface area contributed by atoms with Gasteiger partial charge in [0.25, 0.3) is 5.91 Å². The lowest BCUT2D eigenvalue weighted by atomic mass is 10.2. The Bertz CT molecular complexity index is 875. The molecule has 1 atom stereocenters. The van der Waals surface area contributed by atoms with Crippen molar-refractivity contribution in [1.82, 2.24) is 10.2 Å². The van der Waals surface area contributed by atoms with Crippen molar-refractivity contribution in [2.45, 2.75) is 13.0 Å². The molecule has 0 bridgehead atoms. The third-order valence-electron chi connectivity index (χ3n) is 5.32. The van der Waals surface area contributed by atoms with Gasteiger partial charge in [0.05, 0.1) is 0 Å². The number of rotatable bonds is 9. The number of carbonyl (C=O) groups excluding carboxylic acids is 2. The molecule has 3 N–H and O–H groups in total. The Labute approximate surface area is 183 Å². The second-order valence-electron chi connectivity index (χ2n) is 7.61. The van der Waals surface area contributed by atoms with E-state index >= 15 is 0 Å². The predicted octanol–water partition coefficient (Wildman–Crippen LogP) is 1.89. The van der Waals surface area contributed by atoms with Gasteiger partial charge >= 0.3 is 0 Å². The van der Waals surface area contributed by atoms with Gasteiger partial charge in [-0.2, -0.15) is 0 Å². The zero-order valence-corrected chi connectivity index (χ0v) is 17.9. The molecule has 0 saturated carbocycles. The Hall–Kier alpha value is -3.32. The van der Waals surface area contributed by atoms with Crippen LogP contribution in [0.15, 0.2) is 60.7 Å². The maximum absolute atomic E-state index is 12.2. The van der Waals surface area contributed by atoms with Crippen molar-refractivity contribution in [3.8, 4) is 5.75 Å². The van der Waals surface area contributed by atoms with E-state index in [0.717, 1.165) is 31.7 Å². The van der Waals surface area contributed by atoms with Crippen LogP contribution >= 0.6 is 0 Å². The number of para-hydroxylation sites is 1. The summed E-state index contributed by atoms with van der Waals surface area (Å²) in [5.41, 5.74) is 7.19. The first-order chi connectivity index (χ1) is 15.0. The molecule has 0 spiro atoms. The number of hydrogen-bond acceptors (Lipinski definition) is 5. The highest BCUT2D eigenvalue weighted by molar-refractivity contribution is 5.91. The van der Waals surface area contributed by atoms with E-state index in [-0.39, 0.29) is 18.6 Å². The summed E-state index contributed by atoms with van der Waals surface area (Å²) >= 11 is 0. The zero-order valence-electron chi connectivity index (χ0n) is 17.9. The number of piperazine rings is 1. The number of amides is 2. The maximum atomic E-state index is 12.2. The highest BCUT2D eigenvalue weighted by atomic mass is 16.5. The number of nitrogens with two attached hydrogens (primary N) is 1. The molecule has 1 saturated heterocycles. The summed E-state index contributed by atoms with van der Waals surface area (Å²) in [5.74, 6) is -0.0849. The number of nitrogens with one attached hydrogen (secondary N) is 1. The molecular weight excluding hydrogens is 392 g/mol. The van der Waals surface area contributed by atoms with Gasteiger partial charge in [0.1, 0.15) is 5.75 Å². The minimum Gasteiger partial charge on any atom is -0.484 e. The summed E-state index contributed by atoms with van der Waals surface area (Å²) in [6.07, 6.45) is 3.27. The lowest BCUT2D eigenvalue weighted by molar-refractivity contribution is -0.120. The molecule has 2 amide bonds. The largest absolute Gasteiger partial charge is 0.484 e. The molecule has 1 unspecified atom stereocenters. The van der Waals surface area contributed by atoms with Gasteiger partial charge in [-0.1, -0.05) is 30.3 Å². The van der Waals surface area contributed by atoms with Gasteiger partial charge in [0, 0.05) is 50.5 Å². The van der Waals surface area contributed by atoms with Crippen LogP contribution in [0.25, 0.3) is 6.08 Å². The molecule has 31 heavy (non-hydrogen) atoms. The first-order valence-corrected chi connectivity index (χ1v) is 10.5. The van der Waals surface area contributed by atoms with E-state index in [1.165, 1.54) is 11.8 Å². The summed E-state index contributed by atoms with van der Waals surface area (Å²) < 4.78 is 5.22. The fraction of sp³-hybridized carbons (Fsp3) is 0.333. The van der Waals surface area contributed by atoms with E-state index < -0.39 is 5.91 Å². The molecule has 3 rings (SSSR count). The quantitative estimate of drug-likeness (QED) is 0.603. The number of nitrogens with zero attached hydrogens (tertiary/aromatic N) is 2. The summed E-state index contributed by atoms with van der Waals surface area (Å²) in [6, 6.07) is 17.8. The minimum absolute atomic E-state index is 0.121. The van der Waals surface area contributed by atoms with Crippen molar-refractivity contribution < 1.29 is 14.3 Å². The van der Waals surface area contributed by atoms with Gasteiger partial charge in [-0.25, -0.2) is 0 Å². The predicted molar refractivity (Wildman–Crippen MR) is 123 cm³/mol. The van der Waals surface area contributed by atoms with Crippen molar-refractivity contribution >= 4 is 23.6 Å². The minimum atomic E-state index is -0.520. The molecule has 7 heteroatoms. The molecule has 0 aliphatic carbocycles. The number of anilines is 1. The summed E-state index contributed by atoms with van der Waals surface area (Å²) in [7, 11) is 0. The van der Waals surface area contributed by atoms with Crippen LogP contribution in [0.2, 0.25) is 0 Å². The second-order valence-corrected chi connectivity index (χ2v) is 7.61. The molecule has 1 fully saturated rings. The second kappa shape index (κ2) is 11.2. The highest BCUT2D eigenvalue weighted by Gasteiger charge is 2.21. The Morgan fingerprint density at radius 3 is 2.39 bits per heavy atom. The Morgan fingerprint density at radius 2 is 1.74 bits per heavy atom. The topological polar surface area (TPSA) is 87.9 Å². The van der Waals surface area contributed by atoms with Crippen LogP contribution in [0.5, 0.6) is 5.75 Å². The molecular formula is C24H30N4O3. The Kier molecular flexibility index (Phi) is 8.06. The van der Waals surface area contributed by atoms with Crippen LogP contribution < -0.4 is 20.7 Å². The highest BCUT2D eigenvalue weighted by Crippen LogP contribution is 2.16. The summed E-state index contributed by atoms with van der Waals surface area (Å²) in [5, 5.41) is 2.98. The molecule has 7 nitrogen and oxygen atoms in total. The molecule has 1 aliphatic rings. The fourth-order valence-electron chi connectivity index (χ4n) is 3.50. The van der Waals surface area contributed by atoms with Crippen LogP contribution in [0.1, 0.15) is 12.5 Å². The number of benzene rings is 2. The van der Waals surface area contributed by atoms with Gasteiger partial charge < -0.3 is 20.7 Å². The van der Waals surface area contributed by atoms with Crippen LogP contribution in [-0.2, 0) is 9.59 Å². The van der Waals surface area contributed by atoms with Crippen LogP contribution in [0.3, 0.4) is 0 Å². The maximum Gasteiger partial charge on any atom is 0.255 e. The van der Waals surface area contributed by atoms with Crippen molar-refractivity contribution in [1.29, 1.82) is 0 Å². The number of hydrogen-bond donors (Lipinski definition) is 2. The molecule has 0 aromatic heterocycles. The average molecular weight is 423 g/mol. The van der Waals surface area contributed by atoms with Gasteiger partial charge in [-0.15, -0.1) is 0 Å². The fourth-order valence-corrected chi connectivity index (χ4v) is 3.50. The number of primary amides is 1. The van der Waals surface area contributed by atoms with Gasteiger partial charge in [-0.3, -0.25) is 14.5 Å². The molecule has 0 radical (unpaired) electrons. The molecule has 164 valence electrons. The lowest BCUT2D eigenvalue weighted by Crippen LogP contribution is -2.52. The van der Waals surface area contributed by atoms with E-state index in [0.29, 0.717) is 12.3 Å². The van der Waals surface area contributed by atoms with Crippen molar-refractivity contribution in [2.24, 2.45) is 5.73 Å². The van der Waals surface area contributed by atoms with E-state index in [1.54, 1.807) is 18.2 Å². The third-order valence-corrected chi connectivity index (χ3v) is 5.32. The van der Waals surface area contributed by atoms with E-state index in [1.807, 2.05) is 18.2 Å². The molecule has 2 aromatic carbocycles. The van der Waals surface area contributed by atoms with Crippen molar-refractivity contribution in [3.05, 3.63) is 66.2 Å². The molecule has 2 aromatic rings. The van der Waals surface area contributed by atoms with Gasteiger partial charge in [0.15, 0.2) is 6.61 Å². The molecule has 1 heterocycles. The standard InChI is InChI=1S/C24H30N4O3/c1-19(27-13-15-28(16-14-27)21-5-3-2-4-6-21)17-26-24(30)12-9-20-7-10-22(11-8-20)31-18-23(25)29/h2-12,19H,13-18H2,1H3,(H2,25,29)(H,26,30). The van der Waals surface area contributed by atoms with E-state index in [4.69, 9.17) is 10.5 Å². The third kappa shape index (κ3) is 7.15. The number of ether oxygens (including phenoxy) is 1. The average Bonchev–Trinajstić information content (AvgIpc) is 2.81. The van der Waals surface area contributed by atoms with Crippen LogP contribution in [-0.4, -0.2) is 62.1 Å². The monoisotopic (exact) mass is 422 g/mol. The lowest BCUT2D eigenvalue weighted by Gasteiger charge is -2.39. The first-order valence-electron chi connectivity index (χ1n) is 10.5. The summed E-state index contributed by atoms with van der Waals surface area (Å²) in [6.45, 7) is 6.53. The van der Waals surface area contributed by atoms with E-state index in [9.17, 15) is 9.59 Å². The normalized spacial score (nSPS) is 15.6. The van der Waals surface area contributed by atoms with Crippen molar-refractivity contribution in [2.75, 3.05) is 44.2 Å². The Morgan fingerprint density at radius 1 is 1.06 bits per heavy atom. The van der Waals surface area contributed by atoms with Crippen LogP contribution in [0.4, 0.5) is 5.69 Å². The van der Waals surface area contributed by atoms with Gasteiger partial charge in [0.2, 0.25) is 5.91 Å². The molecule has 1 aliphatic heterocycles. The first kappa shape index (κ1) is 22.4. The summed E-state index contributed by atoms with van der Waals surface area (Å²) in [4.78, 5) is 27.7. The van der Waals surface area contributed by atoms with Crippen molar-refractivity contribution in [3.63, 3.8) is 0 Å². The Balaban J connectivity index is 1.38. The number of carbonyl (C=O) groups is 2. The van der Waals surface area contributed by atoms with Crippen LogP contribution in [0, 0.1) is 0 Å². The zero-order chi connectivity index (χ0) is 22.1. The van der Waals surface area contributed by atoms with E-state index in [2.05, 4.69) is 46.3 Å². The smallest absolute Gasteiger partial charge is 0.255 e. The SMILES string of the molecule is CC(CNC(=O)C=Cc1ccc(OCC(N)=O)cc1)N1CCN(c2ccccc2)CC1. The van der Waals surface area contributed by atoms with Gasteiger partial charge in [-0.05, 0) is 42.8 Å².